The van der Waals surface area contributed by atoms with Crippen molar-refractivity contribution in [2.75, 3.05) is 5.75 Å². The first-order valence-electron chi connectivity index (χ1n) is 5.32. The Kier molecular flexibility index (Phi) is 3.82. The van der Waals surface area contributed by atoms with E-state index in [4.69, 9.17) is 0 Å². The zero-order valence-corrected chi connectivity index (χ0v) is 10.8. The van der Waals surface area contributed by atoms with Crippen molar-refractivity contribution >= 4 is 33.5 Å². The van der Waals surface area contributed by atoms with Crippen LogP contribution in [0.3, 0.4) is 0 Å². The maximum Gasteiger partial charge on any atom is 0.271 e. The van der Waals surface area contributed by atoms with Crippen LogP contribution in [0, 0.1) is 22.0 Å². The van der Waals surface area contributed by atoms with Gasteiger partial charge in [0.25, 0.3) is 5.69 Å². The molecule has 2 aromatic rings. The van der Waals surface area contributed by atoms with Gasteiger partial charge in [-0.1, -0.05) is 17.7 Å². The number of aromatic amines is 1. The topological polar surface area (TPSA) is 88.9 Å². The second-order valence-electron chi connectivity index (χ2n) is 3.64. The Morgan fingerprint density at radius 2 is 2.37 bits per heavy atom. The van der Waals surface area contributed by atoms with E-state index in [0.717, 1.165) is 17.1 Å². The highest BCUT2D eigenvalue weighted by atomic mass is 32.2. The van der Waals surface area contributed by atoms with Gasteiger partial charge in [-0.25, -0.2) is 0 Å². The lowest BCUT2D eigenvalue weighted by atomic mass is 10.2. The molecule has 0 saturated heterocycles. The molecule has 0 unspecified atom stereocenters. The first-order valence-corrected chi connectivity index (χ1v) is 6.31. The third-order valence-electron chi connectivity index (χ3n) is 2.31. The van der Waals surface area contributed by atoms with Crippen LogP contribution in [0.15, 0.2) is 18.2 Å². The molecule has 1 aromatic heterocycles. The van der Waals surface area contributed by atoms with Crippen molar-refractivity contribution < 1.29 is 9.72 Å². The summed E-state index contributed by atoms with van der Waals surface area (Å²) in [6.07, 6.45) is 0. The molecule has 0 amide bonds. The van der Waals surface area contributed by atoms with Crippen molar-refractivity contribution in [2.24, 2.45) is 0 Å². The number of carbonyl (C=O) groups is 1. The maximum atomic E-state index is 10.7. The summed E-state index contributed by atoms with van der Waals surface area (Å²) in [6.45, 7) is 1.48. The van der Waals surface area contributed by atoms with Gasteiger partial charge in [0.15, 0.2) is 5.12 Å². The number of carbonyl (C=O) groups excluding carboxylic acids is 1. The summed E-state index contributed by atoms with van der Waals surface area (Å²) in [4.78, 5) is 20.9. The SMILES string of the molecule is CC(=O)SCC#Cc1[nH]nc2cc([N+](=O)[O-])ccc12. The van der Waals surface area contributed by atoms with E-state index < -0.39 is 4.92 Å². The second kappa shape index (κ2) is 5.54. The molecule has 0 aliphatic carbocycles. The molecule has 0 atom stereocenters. The minimum absolute atomic E-state index is 0.00866. The fourth-order valence-electron chi connectivity index (χ4n) is 1.47. The number of benzene rings is 1. The molecule has 19 heavy (non-hydrogen) atoms. The van der Waals surface area contributed by atoms with Gasteiger partial charge in [-0.05, 0) is 12.0 Å². The summed E-state index contributed by atoms with van der Waals surface area (Å²) in [6, 6.07) is 4.41. The molecule has 1 heterocycles. The molecule has 0 aliphatic rings. The third-order valence-corrected chi connectivity index (χ3v) is 3.01. The fraction of sp³-hybridized carbons (Fsp3) is 0.167. The molecule has 0 aliphatic heterocycles. The lowest BCUT2D eigenvalue weighted by molar-refractivity contribution is -0.384. The minimum Gasteiger partial charge on any atom is -0.288 e. The molecule has 1 aromatic carbocycles. The number of nitrogens with one attached hydrogen (secondary N) is 1. The van der Waals surface area contributed by atoms with E-state index in [0.29, 0.717) is 17.0 Å². The van der Waals surface area contributed by atoms with Crippen molar-refractivity contribution in [3.05, 3.63) is 34.0 Å². The summed E-state index contributed by atoms with van der Waals surface area (Å²) >= 11 is 1.13. The number of hydrogen-bond donors (Lipinski definition) is 1. The van der Waals surface area contributed by atoms with Crippen LogP contribution in [0.5, 0.6) is 0 Å². The first kappa shape index (κ1) is 13.1. The van der Waals surface area contributed by atoms with Gasteiger partial charge in [0.1, 0.15) is 11.2 Å². The molecule has 0 spiro atoms. The van der Waals surface area contributed by atoms with Crippen molar-refractivity contribution in [3.63, 3.8) is 0 Å². The van der Waals surface area contributed by atoms with E-state index in [-0.39, 0.29) is 10.8 Å². The number of hydrogen-bond acceptors (Lipinski definition) is 5. The molecule has 0 fully saturated rings. The fourth-order valence-corrected chi connectivity index (χ4v) is 1.82. The normalized spacial score (nSPS) is 9.95. The number of rotatable bonds is 2. The van der Waals surface area contributed by atoms with E-state index in [1.807, 2.05) is 0 Å². The summed E-state index contributed by atoms with van der Waals surface area (Å²) in [5, 5.41) is 18.1. The molecule has 7 heteroatoms. The highest BCUT2D eigenvalue weighted by Crippen LogP contribution is 2.21. The van der Waals surface area contributed by atoms with Crippen LogP contribution in [0.4, 0.5) is 5.69 Å². The molecule has 0 bridgehead atoms. The standard InChI is InChI=1S/C12H9N3O3S/c1-8(16)19-6-2-3-11-10-5-4-9(15(17)18)7-12(10)14-13-11/h4-5,7H,6H2,1H3,(H,13,14). The Balaban J connectivity index is 2.26. The lowest BCUT2D eigenvalue weighted by Gasteiger charge is -1.90. The number of nitrogens with zero attached hydrogens (tertiary/aromatic N) is 2. The van der Waals surface area contributed by atoms with Crippen LogP contribution in [0.1, 0.15) is 12.6 Å². The maximum absolute atomic E-state index is 10.7. The number of fused-ring (bicyclic) bond motifs is 1. The summed E-state index contributed by atoms with van der Waals surface area (Å²) in [5.41, 5.74) is 1.08. The van der Waals surface area contributed by atoms with E-state index in [2.05, 4.69) is 22.0 Å². The summed E-state index contributed by atoms with van der Waals surface area (Å²) in [7, 11) is 0. The van der Waals surface area contributed by atoms with Crippen molar-refractivity contribution in [1.82, 2.24) is 10.2 Å². The molecule has 6 nitrogen and oxygen atoms in total. The van der Waals surface area contributed by atoms with Gasteiger partial charge in [0.2, 0.25) is 0 Å². The molecular formula is C12H9N3O3S. The number of H-pyrrole nitrogens is 1. The van der Waals surface area contributed by atoms with Gasteiger partial charge in [-0.3, -0.25) is 20.0 Å². The van der Waals surface area contributed by atoms with Gasteiger partial charge >= 0.3 is 0 Å². The third kappa shape index (κ3) is 3.11. The number of nitro benzene ring substituents is 1. The van der Waals surface area contributed by atoms with Crippen molar-refractivity contribution in [1.29, 1.82) is 0 Å². The summed E-state index contributed by atoms with van der Waals surface area (Å²) in [5.74, 6) is 6.10. The van der Waals surface area contributed by atoms with Crippen molar-refractivity contribution in [2.45, 2.75) is 6.92 Å². The first-order chi connectivity index (χ1) is 9.08. The van der Waals surface area contributed by atoms with E-state index in [9.17, 15) is 14.9 Å². The van der Waals surface area contributed by atoms with Crippen LogP contribution in [0.25, 0.3) is 10.9 Å². The largest absolute Gasteiger partial charge is 0.288 e. The van der Waals surface area contributed by atoms with Gasteiger partial charge in [0, 0.05) is 24.4 Å². The molecule has 0 radical (unpaired) electrons. The monoisotopic (exact) mass is 275 g/mol. The zero-order chi connectivity index (χ0) is 13.8. The molecule has 0 saturated carbocycles. The smallest absolute Gasteiger partial charge is 0.271 e. The van der Waals surface area contributed by atoms with Crippen LogP contribution in [-0.4, -0.2) is 26.0 Å². The quantitative estimate of drug-likeness (QED) is 0.515. The number of thioether (sulfide) groups is 1. The van der Waals surface area contributed by atoms with E-state index >= 15 is 0 Å². The van der Waals surface area contributed by atoms with Crippen LogP contribution < -0.4 is 0 Å². The minimum atomic E-state index is -0.469. The average Bonchev–Trinajstić information content (AvgIpc) is 2.76. The number of non-ortho nitro benzene ring substituents is 1. The zero-order valence-electron chi connectivity index (χ0n) is 9.97. The molecule has 96 valence electrons. The second-order valence-corrected chi connectivity index (χ2v) is 4.79. The molecule has 2 rings (SSSR count). The van der Waals surface area contributed by atoms with Crippen molar-refractivity contribution in [3.8, 4) is 11.8 Å². The van der Waals surface area contributed by atoms with Gasteiger partial charge in [-0.2, -0.15) is 5.10 Å². The Bertz CT molecular complexity index is 712. The van der Waals surface area contributed by atoms with Gasteiger partial charge < -0.3 is 0 Å². The predicted octanol–water partition coefficient (Wildman–Crippen LogP) is 2.10. The number of aromatic nitrogens is 2. The van der Waals surface area contributed by atoms with Gasteiger partial charge in [-0.15, -0.1) is 0 Å². The Morgan fingerprint density at radius 3 is 3.05 bits per heavy atom. The predicted molar refractivity (Wildman–Crippen MR) is 72.8 cm³/mol. The average molecular weight is 275 g/mol. The Hall–Kier alpha value is -2.33. The van der Waals surface area contributed by atoms with Crippen LogP contribution in [-0.2, 0) is 4.79 Å². The highest BCUT2D eigenvalue weighted by molar-refractivity contribution is 8.13. The lowest BCUT2D eigenvalue weighted by Crippen LogP contribution is -1.86. The summed E-state index contributed by atoms with van der Waals surface area (Å²) < 4.78 is 0. The molecule has 1 N–H and O–H groups in total. The Morgan fingerprint density at radius 1 is 1.58 bits per heavy atom. The molecular weight excluding hydrogens is 266 g/mol. The Labute approximate surface area is 112 Å². The van der Waals surface area contributed by atoms with Gasteiger partial charge in [0.05, 0.1) is 10.7 Å². The highest BCUT2D eigenvalue weighted by Gasteiger charge is 2.09. The van der Waals surface area contributed by atoms with E-state index in [1.165, 1.54) is 19.1 Å². The number of nitro groups is 1. The van der Waals surface area contributed by atoms with E-state index in [1.54, 1.807) is 6.07 Å². The van der Waals surface area contributed by atoms with Crippen LogP contribution in [0.2, 0.25) is 0 Å². The van der Waals surface area contributed by atoms with Crippen LogP contribution >= 0.6 is 11.8 Å².